The molecule has 0 aliphatic rings. The Balaban J connectivity index is 1.60. The molecule has 2 amide bonds. The number of ether oxygens (including phenoxy) is 1. The van der Waals surface area contributed by atoms with Crippen molar-refractivity contribution in [3.63, 3.8) is 0 Å². The summed E-state index contributed by atoms with van der Waals surface area (Å²) >= 11 is 0. The Hall–Kier alpha value is -4.98. The van der Waals surface area contributed by atoms with Crippen molar-refractivity contribution in [2.45, 2.75) is 19.4 Å². The fraction of sp³-hybridized carbons (Fsp3) is 0.188. The number of pyridine rings is 1. The number of carboxylic acid groups (broad SMARTS) is 1. The zero-order valence-corrected chi connectivity index (χ0v) is 22.2. The predicted octanol–water partition coefficient (Wildman–Crippen LogP) is 4.85. The number of rotatable bonds is 12. The van der Waals surface area contributed by atoms with Crippen molar-refractivity contribution >= 4 is 17.8 Å². The number of aromatic nitrogens is 1. The molecule has 0 unspecified atom stereocenters. The molecule has 1 heterocycles. The molecule has 1 aromatic heterocycles. The molecular formula is C32H31N3O5. The minimum absolute atomic E-state index is 0.0542. The molecule has 40 heavy (non-hydrogen) atoms. The molecule has 0 atom stereocenters. The van der Waals surface area contributed by atoms with E-state index in [-0.39, 0.29) is 31.3 Å². The maximum Gasteiger partial charge on any atom is 0.305 e. The molecule has 0 aliphatic carbocycles. The molecule has 0 fully saturated rings. The van der Waals surface area contributed by atoms with Gasteiger partial charge >= 0.3 is 5.97 Å². The van der Waals surface area contributed by atoms with Gasteiger partial charge in [0.05, 0.1) is 25.8 Å². The number of carbonyl (C=O) groups excluding carboxylic acids is 2. The highest BCUT2D eigenvalue weighted by molar-refractivity contribution is 6.06. The Morgan fingerprint density at radius 3 is 2.25 bits per heavy atom. The van der Waals surface area contributed by atoms with Gasteiger partial charge in [0.25, 0.3) is 11.8 Å². The van der Waals surface area contributed by atoms with Crippen molar-refractivity contribution in [2.24, 2.45) is 0 Å². The van der Waals surface area contributed by atoms with Crippen LogP contribution in [0.3, 0.4) is 0 Å². The van der Waals surface area contributed by atoms with E-state index < -0.39 is 5.97 Å². The Morgan fingerprint density at radius 1 is 0.850 bits per heavy atom. The van der Waals surface area contributed by atoms with Crippen LogP contribution in [-0.4, -0.2) is 53.0 Å². The highest BCUT2D eigenvalue weighted by Gasteiger charge is 2.22. The maximum absolute atomic E-state index is 13.9. The Labute approximate surface area is 233 Å². The quantitative estimate of drug-likeness (QED) is 0.268. The van der Waals surface area contributed by atoms with Gasteiger partial charge < -0.3 is 20.1 Å². The van der Waals surface area contributed by atoms with E-state index >= 15 is 0 Å². The zero-order chi connectivity index (χ0) is 28.3. The SMILES string of the molecule is COc1cccc(CCN(CCC(=O)O)C(=O)c2ccccc2-c2ccccc2C(=O)NCc2ccccn2)c1. The summed E-state index contributed by atoms with van der Waals surface area (Å²) in [7, 11) is 1.59. The lowest BCUT2D eigenvalue weighted by molar-refractivity contribution is -0.137. The first-order valence-electron chi connectivity index (χ1n) is 13.0. The molecule has 8 nitrogen and oxygen atoms in total. The van der Waals surface area contributed by atoms with Gasteiger partial charge in [0.2, 0.25) is 0 Å². The second-order valence-electron chi connectivity index (χ2n) is 9.13. The number of nitrogens with one attached hydrogen (secondary N) is 1. The maximum atomic E-state index is 13.9. The normalized spacial score (nSPS) is 10.5. The Morgan fingerprint density at radius 2 is 1.55 bits per heavy atom. The van der Waals surface area contributed by atoms with E-state index in [0.717, 1.165) is 11.3 Å². The first-order valence-corrected chi connectivity index (χ1v) is 13.0. The van der Waals surface area contributed by atoms with E-state index in [9.17, 15) is 19.5 Å². The van der Waals surface area contributed by atoms with Crippen LogP contribution in [0.1, 0.15) is 38.4 Å². The Bertz CT molecular complexity index is 1470. The molecule has 204 valence electrons. The summed E-state index contributed by atoms with van der Waals surface area (Å²) in [4.78, 5) is 44.3. The van der Waals surface area contributed by atoms with Crippen LogP contribution < -0.4 is 10.1 Å². The number of amides is 2. The van der Waals surface area contributed by atoms with Crippen molar-refractivity contribution in [1.82, 2.24) is 15.2 Å². The molecule has 0 radical (unpaired) electrons. The van der Waals surface area contributed by atoms with Crippen LogP contribution in [0, 0.1) is 0 Å². The highest BCUT2D eigenvalue weighted by Crippen LogP contribution is 2.28. The van der Waals surface area contributed by atoms with E-state index in [1.54, 1.807) is 54.6 Å². The third-order valence-corrected chi connectivity index (χ3v) is 6.46. The van der Waals surface area contributed by atoms with Crippen LogP contribution in [0.5, 0.6) is 5.75 Å². The van der Waals surface area contributed by atoms with Crippen LogP contribution >= 0.6 is 0 Å². The molecule has 0 spiro atoms. The molecule has 3 aromatic carbocycles. The number of carboxylic acids is 1. The van der Waals surface area contributed by atoms with Crippen molar-refractivity contribution in [2.75, 3.05) is 20.2 Å². The number of nitrogens with zero attached hydrogens (tertiary/aromatic N) is 2. The molecule has 0 saturated carbocycles. The van der Waals surface area contributed by atoms with Crippen LogP contribution in [0.15, 0.2) is 97.2 Å². The summed E-state index contributed by atoms with van der Waals surface area (Å²) < 4.78 is 5.30. The first-order chi connectivity index (χ1) is 19.5. The predicted molar refractivity (Wildman–Crippen MR) is 152 cm³/mol. The molecule has 4 rings (SSSR count). The van der Waals surface area contributed by atoms with Crippen LogP contribution in [-0.2, 0) is 17.8 Å². The van der Waals surface area contributed by atoms with Crippen molar-refractivity contribution < 1.29 is 24.2 Å². The minimum atomic E-state index is -0.984. The summed E-state index contributed by atoms with van der Waals surface area (Å²) in [5, 5.41) is 12.2. The number of methoxy groups -OCH3 is 1. The van der Waals surface area contributed by atoms with E-state index in [4.69, 9.17) is 4.74 Å². The fourth-order valence-electron chi connectivity index (χ4n) is 4.40. The van der Waals surface area contributed by atoms with Gasteiger partial charge in [0.1, 0.15) is 5.75 Å². The van der Waals surface area contributed by atoms with Gasteiger partial charge in [-0.15, -0.1) is 0 Å². The Kier molecular flexibility index (Phi) is 9.61. The molecule has 2 N–H and O–H groups in total. The molecule has 4 aromatic rings. The smallest absolute Gasteiger partial charge is 0.305 e. The highest BCUT2D eigenvalue weighted by atomic mass is 16.5. The third-order valence-electron chi connectivity index (χ3n) is 6.46. The summed E-state index contributed by atoms with van der Waals surface area (Å²) in [6.07, 6.45) is 2.01. The number of hydrogen-bond acceptors (Lipinski definition) is 5. The lowest BCUT2D eigenvalue weighted by atomic mass is 9.94. The first kappa shape index (κ1) is 28.0. The van der Waals surface area contributed by atoms with Gasteiger partial charge in [-0.2, -0.15) is 0 Å². The molecule has 0 aliphatic heterocycles. The third kappa shape index (κ3) is 7.32. The van der Waals surface area contributed by atoms with Gasteiger partial charge in [-0.05, 0) is 59.5 Å². The number of aliphatic carboxylic acids is 1. The second kappa shape index (κ2) is 13.7. The lowest BCUT2D eigenvalue weighted by Gasteiger charge is -2.24. The summed E-state index contributed by atoms with van der Waals surface area (Å²) in [5.41, 5.74) is 3.72. The zero-order valence-electron chi connectivity index (χ0n) is 22.2. The van der Waals surface area contributed by atoms with Crippen LogP contribution in [0.2, 0.25) is 0 Å². The summed E-state index contributed by atoms with van der Waals surface area (Å²) in [6.45, 7) is 0.639. The van der Waals surface area contributed by atoms with Gasteiger partial charge in [-0.3, -0.25) is 19.4 Å². The van der Waals surface area contributed by atoms with Crippen LogP contribution in [0.25, 0.3) is 11.1 Å². The van der Waals surface area contributed by atoms with Gasteiger partial charge in [-0.25, -0.2) is 0 Å². The van der Waals surface area contributed by atoms with E-state index in [1.807, 2.05) is 54.6 Å². The number of hydrogen-bond donors (Lipinski definition) is 2. The van der Waals surface area contributed by atoms with Crippen LogP contribution in [0.4, 0.5) is 0 Å². The number of carbonyl (C=O) groups is 3. The standard InChI is InChI=1S/C32H31N3O5/c1-40-25-11-8-9-23(21-25)16-19-35(20-17-30(36)37)32(39)29-15-5-3-13-27(29)26-12-2-4-14-28(26)31(38)34-22-24-10-6-7-18-33-24/h2-15,18,21H,16-17,19-20,22H2,1H3,(H,34,38)(H,36,37). The summed E-state index contributed by atoms with van der Waals surface area (Å²) in [5.74, 6) is -0.862. The van der Waals surface area contributed by atoms with Crippen molar-refractivity contribution in [3.8, 4) is 16.9 Å². The monoisotopic (exact) mass is 537 g/mol. The topological polar surface area (TPSA) is 109 Å². The van der Waals surface area contributed by atoms with Gasteiger partial charge in [0, 0.05) is 30.4 Å². The van der Waals surface area contributed by atoms with Gasteiger partial charge in [0.15, 0.2) is 0 Å². The van der Waals surface area contributed by atoms with E-state index in [2.05, 4.69) is 10.3 Å². The van der Waals surface area contributed by atoms with E-state index in [1.165, 1.54) is 0 Å². The van der Waals surface area contributed by atoms with Crippen molar-refractivity contribution in [1.29, 1.82) is 0 Å². The summed E-state index contributed by atoms with van der Waals surface area (Å²) in [6, 6.07) is 27.3. The molecule has 0 bridgehead atoms. The van der Waals surface area contributed by atoms with Crippen molar-refractivity contribution in [3.05, 3.63) is 120 Å². The largest absolute Gasteiger partial charge is 0.497 e. The average molecular weight is 538 g/mol. The molecular weight excluding hydrogens is 506 g/mol. The van der Waals surface area contributed by atoms with E-state index in [0.29, 0.717) is 41.0 Å². The lowest BCUT2D eigenvalue weighted by Crippen LogP contribution is -2.35. The average Bonchev–Trinajstić information content (AvgIpc) is 3.00. The minimum Gasteiger partial charge on any atom is -0.497 e. The number of benzene rings is 3. The molecule has 0 saturated heterocycles. The molecule has 8 heteroatoms. The van der Waals surface area contributed by atoms with Gasteiger partial charge in [-0.1, -0.05) is 54.6 Å². The second-order valence-corrected chi connectivity index (χ2v) is 9.13. The fourth-order valence-corrected chi connectivity index (χ4v) is 4.40.